The Kier molecular flexibility index (Phi) is 5.85. The molecule has 0 bridgehead atoms. The van der Waals surface area contributed by atoms with E-state index in [9.17, 15) is 9.90 Å². The van der Waals surface area contributed by atoms with E-state index in [4.69, 9.17) is 23.2 Å². The van der Waals surface area contributed by atoms with Gasteiger partial charge in [-0.15, -0.1) is 0 Å². The normalized spacial score (nSPS) is 21.6. The minimum atomic E-state index is -0.119. The second kappa shape index (κ2) is 7.38. The Labute approximate surface area is 158 Å². The van der Waals surface area contributed by atoms with E-state index < -0.39 is 0 Å². The van der Waals surface area contributed by atoms with Gasteiger partial charge in [0.1, 0.15) is 5.75 Å². The van der Waals surface area contributed by atoms with Gasteiger partial charge >= 0.3 is 0 Å². The van der Waals surface area contributed by atoms with Crippen LogP contribution >= 0.6 is 23.2 Å². The lowest BCUT2D eigenvalue weighted by molar-refractivity contribution is -0.123. The fourth-order valence-electron chi connectivity index (χ4n) is 3.16. The Hall–Kier alpha value is -1.52. The quantitative estimate of drug-likeness (QED) is 0.419. The van der Waals surface area contributed by atoms with Crippen LogP contribution in [-0.4, -0.2) is 16.7 Å². The molecule has 136 valence electrons. The number of benzene rings is 1. The number of phenolic OH excluding ortho intramolecular Hbond substituents is 1. The molecule has 0 radical (unpaired) electrons. The third kappa shape index (κ3) is 4.18. The molecule has 1 amide bonds. The van der Waals surface area contributed by atoms with Gasteiger partial charge in [-0.25, -0.2) is 5.43 Å². The third-order valence-corrected chi connectivity index (χ3v) is 5.19. The number of nitrogens with zero attached hydrogens (tertiary/aromatic N) is 1. The van der Waals surface area contributed by atoms with Crippen molar-refractivity contribution in [2.75, 3.05) is 0 Å². The van der Waals surface area contributed by atoms with Crippen LogP contribution in [0.3, 0.4) is 0 Å². The summed E-state index contributed by atoms with van der Waals surface area (Å²) in [7, 11) is 0. The maximum Gasteiger partial charge on any atom is 0.244 e. The number of rotatable bonds is 5. The molecule has 0 aliphatic heterocycles. The Bertz CT molecular complexity index is 750. The predicted molar refractivity (Wildman–Crippen MR) is 103 cm³/mol. The molecule has 4 nitrogen and oxygen atoms in total. The van der Waals surface area contributed by atoms with Crippen molar-refractivity contribution in [1.82, 2.24) is 5.43 Å². The summed E-state index contributed by atoms with van der Waals surface area (Å²) in [4.78, 5) is 12.5. The van der Waals surface area contributed by atoms with Crippen LogP contribution in [0, 0.1) is 17.3 Å². The van der Waals surface area contributed by atoms with E-state index in [2.05, 4.69) is 30.5 Å². The lowest BCUT2D eigenvalue weighted by atomic mass is 10.1. The Morgan fingerprint density at radius 3 is 2.56 bits per heavy atom. The number of carbonyl (C=O) groups excluding carboxylic acids is 1. The first-order valence-corrected chi connectivity index (χ1v) is 9.05. The van der Waals surface area contributed by atoms with Gasteiger partial charge in [-0.1, -0.05) is 55.6 Å². The topological polar surface area (TPSA) is 61.7 Å². The number of hydrogen-bond acceptors (Lipinski definition) is 3. The van der Waals surface area contributed by atoms with Gasteiger partial charge in [0.15, 0.2) is 0 Å². The van der Waals surface area contributed by atoms with Crippen molar-refractivity contribution in [2.24, 2.45) is 22.4 Å². The Morgan fingerprint density at radius 1 is 1.36 bits per heavy atom. The van der Waals surface area contributed by atoms with E-state index in [0.29, 0.717) is 22.7 Å². The highest BCUT2D eigenvalue weighted by Crippen LogP contribution is 2.59. The maximum atomic E-state index is 12.5. The molecular weight excluding hydrogens is 359 g/mol. The molecule has 1 aromatic rings. The Balaban J connectivity index is 2.20. The molecule has 1 aliphatic rings. The Morgan fingerprint density at radius 2 is 2.00 bits per heavy atom. The van der Waals surface area contributed by atoms with Gasteiger partial charge < -0.3 is 5.11 Å². The van der Waals surface area contributed by atoms with Crippen molar-refractivity contribution in [3.63, 3.8) is 0 Å². The maximum absolute atomic E-state index is 12.5. The van der Waals surface area contributed by atoms with Crippen molar-refractivity contribution in [3.05, 3.63) is 39.4 Å². The predicted octanol–water partition coefficient (Wildman–Crippen LogP) is 5.17. The average molecular weight is 383 g/mol. The molecule has 0 saturated heterocycles. The first-order chi connectivity index (χ1) is 11.6. The summed E-state index contributed by atoms with van der Waals surface area (Å²) in [5, 5.41) is 14.9. The highest BCUT2D eigenvalue weighted by Gasteiger charge is 2.60. The molecule has 25 heavy (non-hydrogen) atoms. The molecule has 1 saturated carbocycles. The van der Waals surface area contributed by atoms with E-state index >= 15 is 0 Å². The molecule has 2 rings (SSSR count). The third-order valence-electron chi connectivity index (χ3n) is 4.68. The number of nitrogens with one attached hydrogen (secondary N) is 1. The molecule has 1 aromatic carbocycles. The van der Waals surface area contributed by atoms with Crippen molar-refractivity contribution in [2.45, 2.75) is 41.0 Å². The SMILES string of the molecule is CC/C(=N\NC(=O)[C@H]1[C@@H](C=C(C)C)C1(C)C)c1cc(Cl)cc(Cl)c1O. The molecule has 0 spiro atoms. The van der Waals surface area contributed by atoms with E-state index in [1.807, 2.05) is 20.8 Å². The fraction of sp³-hybridized carbons (Fsp3) is 0.474. The van der Waals surface area contributed by atoms with Crippen LogP contribution in [0.25, 0.3) is 0 Å². The average Bonchev–Trinajstić information content (AvgIpc) is 3.04. The zero-order chi connectivity index (χ0) is 18.9. The zero-order valence-corrected chi connectivity index (χ0v) is 16.7. The molecule has 1 fully saturated rings. The summed E-state index contributed by atoms with van der Waals surface area (Å²) in [6, 6.07) is 3.05. The molecule has 0 aromatic heterocycles. The summed E-state index contributed by atoms with van der Waals surface area (Å²) in [5.41, 5.74) is 4.71. The summed E-state index contributed by atoms with van der Waals surface area (Å²) in [6.45, 7) is 10.1. The van der Waals surface area contributed by atoms with Gasteiger partial charge in [-0.3, -0.25) is 4.79 Å². The number of aromatic hydroxyl groups is 1. The van der Waals surface area contributed by atoms with Crippen molar-refractivity contribution in [3.8, 4) is 5.75 Å². The number of hydrazone groups is 1. The largest absolute Gasteiger partial charge is 0.506 e. The number of halogens is 2. The molecule has 2 atom stereocenters. The van der Waals surface area contributed by atoms with Gasteiger partial charge in [0, 0.05) is 10.6 Å². The highest BCUT2D eigenvalue weighted by molar-refractivity contribution is 6.36. The van der Waals surface area contributed by atoms with Gasteiger partial charge in [0.05, 0.1) is 16.7 Å². The van der Waals surface area contributed by atoms with Crippen molar-refractivity contribution < 1.29 is 9.90 Å². The first kappa shape index (κ1) is 19.8. The highest BCUT2D eigenvalue weighted by atomic mass is 35.5. The van der Waals surface area contributed by atoms with Crippen LogP contribution in [-0.2, 0) is 4.79 Å². The van der Waals surface area contributed by atoms with E-state index in [1.54, 1.807) is 6.07 Å². The van der Waals surface area contributed by atoms with Crippen molar-refractivity contribution >= 4 is 34.8 Å². The number of phenols is 1. The minimum absolute atomic E-state index is 0.0786. The van der Waals surface area contributed by atoms with Crippen LogP contribution in [0.2, 0.25) is 10.0 Å². The lowest BCUT2D eigenvalue weighted by Crippen LogP contribution is -2.23. The molecule has 0 heterocycles. The molecule has 2 N–H and O–H groups in total. The van der Waals surface area contributed by atoms with E-state index in [0.717, 1.165) is 0 Å². The fourth-order valence-corrected chi connectivity index (χ4v) is 3.65. The molecule has 1 aliphatic carbocycles. The minimum Gasteiger partial charge on any atom is -0.506 e. The van der Waals surface area contributed by atoms with Gasteiger partial charge in [0.25, 0.3) is 0 Å². The van der Waals surface area contributed by atoms with Crippen LogP contribution in [0.5, 0.6) is 5.75 Å². The monoisotopic (exact) mass is 382 g/mol. The number of hydrogen-bond donors (Lipinski definition) is 2. The van der Waals surface area contributed by atoms with E-state index in [1.165, 1.54) is 11.6 Å². The smallest absolute Gasteiger partial charge is 0.244 e. The summed E-state index contributed by atoms with van der Waals surface area (Å²) < 4.78 is 0. The zero-order valence-electron chi connectivity index (χ0n) is 15.2. The molecule has 6 heteroatoms. The molecule has 0 unspecified atom stereocenters. The van der Waals surface area contributed by atoms with Gasteiger partial charge in [-0.2, -0.15) is 5.10 Å². The molecular formula is C19H24Cl2N2O2. The van der Waals surface area contributed by atoms with Crippen LogP contribution in [0.4, 0.5) is 0 Å². The standard InChI is InChI=1S/C19H24Cl2N2O2/c1-6-15(12-8-11(20)9-14(21)17(12)24)22-23-18(25)16-13(7-10(2)3)19(16,4)5/h7-9,13,16,24H,6H2,1-5H3,(H,23,25)/b22-15+/t13-,16-/m1/s1. The summed E-state index contributed by atoms with van der Waals surface area (Å²) >= 11 is 12.0. The second-order valence-corrected chi connectivity index (χ2v) is 8.08. The second-order valence-electron chi connectivity index (χ2n) is 7.24. The van der Waals surface area contributed by atoms with Crippen molar-refractivity contribution in [1.29, 1.82) is 0 Å². The van der Waals surface area contributed by atoms with Gasteiger partial charge in [0.2, 0.25) is 5.91 Å². The van der Waals surface area contributed by atoms with Gasteiger partial charge in [-0.05, 0) is 43.7 Å². The summed E-state index contributed by atoms with van der Waals surface area (Å²) in [6.07, 6.45) is 2.65. The van der Waals surface area contributed by atoms with Crippen LogP contribution in [0.1, 0.15) is 46.6 Å². The van der Waals surface area contributed by atoms with Crippen LogP contribution in [0.15, 0.2) is 28.9 Å². The van der Waals surface area contributed by atoms with E-state index in [-0.39, 0.29) is 33.9 Å². The number of amides is 1. The first-order valence-electron chi connectivity index (χ1n) is 8.29. The number of allylic oxidation sites excluding steroid dienone is 2. The summed E-state index contributed by atoms with van der Waals surface area (Å²) in [5.74, 6) is -0.103. The lowest BCUT2D eigenvalue weighted by Gasteiger charge is -2.09. The van der Waals surface area contributed by atoms with Crippen LogP contribution < -0.4 is 5.43 Å². The number of carbonyl (C=O) groups is 1.